The molecule has 0 aliphatic heterocycles. The second-order valence-corrected chi connectivity index (χ2v) is 4.26. The van der Waals surface area contributed by atoms with Crippen molar-refractivity contribution in [2.24, 2.45) is 0 Å². The van der Waals surface area contributed by atoms with Crippen molar-refractivity contribution < 1.29 is 9.18 Å². The number of rotatable bonds is 4. The number of amides is 1. The number of hydrogen-bond donors (Lipinski definition) is 1. The van der Waals surface area contributed by atoms with Crippen LogP contribution in [0.15, 0.2) is 60.7 Å². The van der Waals surface area contributed by atoms with Gasteiger partial charge >= 0.3 is 0 Å². The standard InChI is InChI=1S/C16H15FN2O/c1-19(15-5-3-2-4-6-15)18-16(20)12-9-13-7-10-14(17)11-8-13/h2-12H,1H3,(H,18,20)/b12-9+. The Balaban J connectivity index is 1.94. The lowest BCUT2D eigenvalue weighted by Crippen LogP contribution is -2.38. The fraction of sp³-hybridized carbons (Fsp3) is 0.0625. The molecule has 0 fully saturated rings. The number of halogens is 1. The van der Waals surface area contributed by atoms with Crippen LogP contribution in [0, 0.1) is 5.82 Å². The van der Waals surface area contributed by atoms with Crippen molar-refractivity contribution in [3.8, 4) is 0 Å². The summed E-state index contributed by atoms with van der Waals surface area (Å²) in [6, 6.07) is 15.4. The summed E-state index contributed by atoms with van der Waals surface area (Å²) in [6.07, 6.45) is 3.04. The van der Waals surface area contributed by atoms with E-state index >= 15 is 0 Å². The molecule has 0 saturated heterocycles. The van der Waals surface area contributed by atoms with Gasteiger partial charge in [-0.15, -0.1) is 0 Å². The molecule has 0 aromatic heterocycles. The Morgan fingerprint density at radius 1 is 1.10 bits per heavy atom. The molecule has 2 aromatic rings. The average molecular weight is 270 g/mol. The molecule has 20 heavy (non-hydrogen) atoms. The fourth-order valence-corrected chi connectivity index (χ4v) is 1.66. The van der Waals surface area contributed by atoms with Gasteiger partial charge in [0.05, 0.1) is 5.69 Å². The van der Waals surface area contributed by atoms with Crippen molar-refractivity contribution in [2.45, 2.75) is 0 Å². The maximum absolute atomic E-state index is 12.7. The number of carbonyl (C=O) groups is 1. The summed E-state index contributed by atoms with van der Waals surface area (Å²) in [7, 11) is 1.76. The molecule has 1 N–H and O–H groups in total. The molecule has 0 saturated carbocycles. The van der Waals surface area contributed by atoms with E-state index in [0.29, 0.717) is 0 Å². The normalized spacial score (nSPS) is 10.5. The number of hydrogen-bond acceptors (Lipinski definition) is 2. The molecule has 0 aliphatic rings. The second-order valence-electron chi connectivity index (χ2n) is 4.26. The Kier molecular flexibility index (Phi) is 4.50. The third-order valence-electron chi connectivity index (χ3n) is 2.72. The van der Waals surface area contributed by atoms with Gasteiger partial charge in [-0.1, -0.05) is 30.3 Å². The zero-order valence-electron chi connectivity index (χ0n) is 11.1. The third-order valence-corrected chi connectivity index (χ3v) is 2.72. The fourth-order valence-electron chi connectivity index (χ4n) is 1.66. The Morgan fingerprint density at radius 3 is 2.40 bits per heavy atom. The monoisotopic (exact) mass is 270 g/mol. The molecular weight excluding hydrogens is 255 g/mol. The van der Waals surface area contributed by atoms with E-state index in [4.69, 9.17) is 0 Å². The minimum absolute atomic E-state index is 0.249. The highest BCUT2D eigenvalue weighted by atomic mass is 19.1. The molecule has 0 atom stereocenters. The predicted octanol–water partition coefficient (Wildman–Crippen LogP) is 3.01. The van der Waals surface area contributed by atoms with Crippen LogP contribution in [0.1, 0.15) is 5.56 Å². The molecule has 4 heteroatoms. The maximum Gasteiger partial charge on any atom is 0.262 e. The number of nitrogens with zero attached hydrogens (tertiary/aromatic N) is 1. The van der Waals surface area contributed by atoms with Gasteiger partial charge in [-0.3, -0.25) is 15.2 Å². The number of carbonyl (C=O) groups excluding carboxylic acids is 1. The molecule has 1 amide bonds. The van der Waals surface area contributed by atoms with Gasteiger partial charge in [0.15, 0.2) is 0 Å². The summed E-state index contributed by atoms with van der Waals surface area (Å²) in [5, 5.41) is 1.64. The summed E-state index contributed by atoms with van der Waals surface area (Å²) in [4.78, 5) is 11.8. The summed E-state index contributed by atoms with van der Waals surface area (Å²) in [6.45, 7) is 0. The highest BCUT2D eigenvalue weighted by Crippen LogP contribution is 2.08. The number of nitrogens with one attached hydrogen (secondary N) is 1. The first-order chi connectivity index (χ1) is 9.65. The van der Waals surface area contributed by atoms with Crippen LogP contribution in [-0.4, -0.2) is 13.0 Å². The van der Waals surface area contributed by atoms with Gasteiger partial charge in [0.25, 0.3) is 5.91 Å². The third kappa shape index (κ3) is 3.95. The molecule has 2 aromatic carbocycles. The first-order valence-corrected chi connectivity index (χ1v) is 6.18. The molecule has 0 aliphatic carbocycles. The summed E-state index contributed by atoms with van der Waals surface area (Å²) in [5.74, 6) is -0.545. The van der Waals surface area contributed by atoms with Crippen molar-refractivity contribution in [1.82, 2.24) is 5.43 Å². The van der Waals surface area contributed by atoms with Crippen LogP contribution in [0.25, 0.3) is 6.08 Å². The van der Waals surface area contributed by atoms with Crippen molar-refractivity contribution in [3.63, 3.8) is 0 Å². The van der Waals surface area contributed by atoms with Gasteiger partial charge < -0.3 is 0 Å². The number of anilines is 1. The van der Waals surface area contributed by atoms with E-state index in [1.54, 1.807) is 30.3 Å². The van der Waals surface area contributed by atoms with Crippen LogP contribution >= 0.6 is 0 Å². The van der Waals surface area contributed by atoms with Crippen molar-refractivity contribution in [2.75, 3.05) is 12.1 Å². The molecule has 0 radical (unpaired) electrons. The van der Waals surface area contributed by atoms with E-state index in [9.17, 15) is 9.18 Å². The van der Waals surface area contributed by atoms with Gasteiger partial charge in [-0.2, -0.15) is 0 Å². The Bertz CT molecular complexity index is 594. The highest BCUT2D eigenvalue weighted by molar-refractivity contribution is 5.92. The van der Waals surface area contributed by atoms with E-state index in [0.717, 1.165) is 11.3 Å². The predicted molar refractivity (Wildman–Crippen MR) is 78.4 cm³/mol. The van der Waals surface area contributed by atoms with E-state index in [2.05, 4.69) is 5.43 Å². The Labute approximate surface area is 117 Å². The van der Waals surface area contributed by atoms with Crippen LogP contribution in [-0.2, 0) is 4.79 Å². The van der Waals surface area contributed by atoms with Crippen LogP contribution < -0.4 is 10.4 Å². The van der Waals surface area contributed by atoms with Crippen LogP contribution in [0.5, 0.6) is 0 Å². The topological polar surface area (TPSA) is 32.3 Å². The molecule has 102 valence electrons. The van der Waals surface area contributed by atoms with Gasteiger partial charge in [0, 0.05) is 13.1 Å². The Morgan fingerprint density at radius 2 is 1.75 bits per heavy atom. The number of para-hydroxylation sites is 1. The van der Waals surface area contributed by atoms with E-state index in [1.807, 2.05) is 30.3 Å². The lowest BCUT2D eigenvalue weighted by atomic mass is 10.2. The first-order valence-electron chi connectivity index (χ1n) is 6.18. The SMILES string of the molecule is CN(NC(=O)/C=C/c1ccc(F)cc1)c1ccccc1. The number of hydrazine groups is 1. The van der Waals surface area contributed by atoms with Crippen LogP contribution in [0.4, 0.5) is 10.1 Å². The van der Waals surface area contributed by atoms with Crippen molar-refractivity contribution in [1.29, 1.82) is 0 Å². The van der Waals surface area contributed by atoms with Crippen LogP contribution in [0.2, 0.25) is 0 Å². The zero-order valence-corrected chi connectivity index (χ0v) is 11.1. The summed E-state index contributed by atoms with van der Waals surface area (Å²) < 4.78 is 12.7. The van der Waals surface area contributed by atoms with Crippen molar-refractivity contribution in [3.05, 3.63) is 72.1 Å². The molecule has 3 nitrogen and oxygen atoms in total. The molecular formula is C16H15FN2O. The average Bonchev–Trinajstić information content (AvgIpc) is 2.47. The van der Waals surface area contributed by atoms with Gasteiger partial charge in [-0.25, -0.2) is 4.39 Å². The van der Waals surface area contributed by atoms with E-state index in [-0.39, 0.29) is 11.7 Å². The van der Waals surface area contributed by atoms with Gasteiger partial charge in [0.1, 0.15) is 5.82 Å². The van der Waals surface area contributed by atoms with Crippen molar-refractivity contribution >= 4 is 17.7 Å². The second kappa shape index (κ2) is 6.52. The summed E-state index contributed by atoms with van der Waals surface area (Å²) in [5.41, 5.74) is 4.36. The smallest absolute Gasteiger partial charge is 0.262 e. The van der Waals surface area contributed by atoms with Gasteiger partial charge in [-0.05, 0) is 35.9 Å². The molecule has 0 bridgehead atoms. The number of benzene rings is 2. The minimum atomic E-state index is -0.296. The van der Waals surface area contributed by atoms with E-state index in [1.165, 1.54) is 18.2 Å². The highest BCUT2D eigenvalue weighted by Gasteiger charge is 2.02. The van der Waals surface area contributed by atoms with Crippen LogP contribution in [0.3, 0.4) is 0 Å². The lowest BCUT2D eigenvalue weighted by molar-refractivity contribution is -0.116. The Hall–Kier alpha value is -2.62. The first kappa shape index (κ1) is 13.8. The molecule has 2 rings (SSSR count). The molecule has 0 unspecified atom stereocenters. The largest absolute Gasteiger partial charge is 0.288 e. The molecule has 0 heterocycles. The zero-order chi connectivity index (χ0) is 14.4. The van der Waals surface area contributed by atoms with Gasteiger partial charge in [0.2, 0.25) is 0 Å². The summed E-state index contributed by atoms with van der Waals surface area (Å²) >= 11 is 0. The quantitative estimate of drug-likeness (QED) is 0.684. The maximum atomic E-state index is 12.7. The molecule has 0 spiro atoms. The lowest BCUT2D eigenvalue weighted by Gasteiger charge is -2.18. The minimum Gasteiger partial charge on any atom is -0.288 e. The van der Waals surface area contributed by atoms with E-state index < -0.39 is 0 Å².